The SMILES string of the molecule is CCC(C)c1ccccc1OCCOc1ccccc1/C=C1/N=C(c2ccco2)OC1=O. The van der Waals surface area contributed by atoms with Crippen LogP contribution in [0.5, 0.6) is 11.5 Å². The first-order valence-corrected chi connectivity index (χ1v) is 10.7. The van der Waals surface area contributed by atoms with Gasteiger partial charge in [-0.1, -0.05) is 50.2 Å². The molecule has 0 N–H and O–H groups in total. The van der Waals surface area contributed by atoms with E-state index in [9.17, 15) is 4.79 Å². The summed E-state index contributed by atoms with van der Waals surface area (Å²) in [5, 5.41) is 0. The number of carbonyl (C=O) groups is 1. The number of benzene rings is 2. The molecule has 6 nitrogen and oxygen atoms in total. The summed E-state index contributed by atoms with van der Waals surface area (Å²) in [6.45, 7) is 5.12. The van der Waals surface area contributed by atoms with Crippen LogP contribution in [0, 0.1) is 0 Å². The fraction of sp³-hybridized carbons (Fsp3) is 0.231. The van der Waals surface area contributed by atoms with E-state index >= 15 is 0 Å². The molecule has 1 aromatic heterocycles. The Morgan fingerprint density at radius 3 is 2.44 bits per heavy atom. The van der Waals surface area contributed by atoms with E-state index < -0.39 is 5.97 Å². The van der Waals surface area contributed by atoms with Gasteiger partial charge in [0.2, 0.25) is 0 Å². The van der Waals surface area contributed by atoms with E-state index in [-0.39, 0.29) is 11.6 Å². The third-order valence-corrected chi connectivity index (χ3v) is 5.22. The van der Waals surface area contributed by atoms with E-state index in [0.29, 0.717) is 30.6 Å². The maximum absolute atomic E-state index is 12.2. The number of ether oxygens (including phenoxy) is 3. The summed E-state index contributed by atoms with van der Waals surface area (Å²) in [5.74, 6) is 1.97. The second-order valence-electron chi connectivity index (χ2n) is 7.40. The molecule has 0 bridgehead atoms. The van der Waals surface area contributed by atoms with Crippen LogP contribution in [0.2, 0.25) is 0 Å². The summed E-state index contributed by atoms with van der Waals surface area (Å²) in [6.07, 6.45) is 4.19. The molecule has 0 saturated heterocycles. The standard InChI is InChI=1S/C26H25NO5/c1-3-18(2)20-10-5-7-12-23(20)31-16-15-30-22-11-6-4-9-19(22)17-21-26(28)32-25(27-21)24-13-8-14-29-24/h4-14,17-18H,3,15-16H2,1-2H3/b21-17+. The lowest BCUT2D eigenvalue weighted by atomic mass is 9.98. The molecule has 0 spiro atoms. The Kier molecular flexibility index (Phi) is 6.70. The molecule has 4 rings (SSSR count). The van der Waals surface area contributed by atoms with E-state index in [4.69, 9.17) is 18.6 Å². The second-order valence-corrected chi connectivity index (χ2v) is 7.40. The molecule has 0 radical (unpaired) electrons. The monoisotopic (exact) mass is 431 g/mol. The van der Waals surface area contributed by atoms with Crippen molar-refractivity contribution in [3.63, 3.8) is 0 Å². The van der Waals surface area contributed by atoms with E-state index in [1.807, 2.05) is 42.5 Å². The van der Waals surface area contributed by atoms with Crippen molar-refractivity contribution in [3.8, 4) is 11.5 Å². The van der Waals surface area contributed by atoms with Crippen LogP contribution >= 0.6 is 0 Å². The third-order valence-electron chi connectivity index (χ3n) is 5.22. The molecule has 3 aromatic rings. The van der Waals surface area contributed by atoms with Crippen LogP contribution in [0.1, 0.15) is 43.1 Å². The number of hydrogen-bond donors (Lipinski definition) is 0. The largest absolute Gasteiger partial charge is 0.490 e. The van der Waals surface area contributed by atoms with E-state index in [2.05, 4.69) is 24.9 Å². The fourth-order valence-electron chi connectivity index (χ4n) is 3.34. The number of aliphatic imine (C=N–C) groups is 1. The lowest BCUT2D eigenvalue weighted by Gasteiger charge is -2.16. The minimum atomic E-state index is -0.531. The number of furan rings is 1. The molecule has 2 aromatic carbocycles. The van der Waals surface area contributed by atoms with Crippen molar-refractivity contribution < 1.29 is 23.4 Å². The predicted molar refractivity (Wildman–Crippen MR) is 122 cm³/mol. The van der Waals surface area contributed by atoms with E-state index in [0.717, 1.165) is 17.7 Å². The maximum Gasteiger partial charge on any atom is 0.363 e. The van der Waals surface area contributed by atoms with Crippen LogP contribution in [0.4, 0.5) is 0 Å². The van der Waals surface area contributed by atoms with E-state index in [1.54, 1.807) is 18.2 Å². The zero-order valence-corrected chi connectivity index (χ0v) is 18.1. The highest BCUT2D eigenvalue weighted by atomic mass is 16.6. The number of cyclic esters (lactones) is 1. The number of nitrogens with zero attached hydrogens (tertiary/aromatic N) is 1. The van der Waals surface area contributed by atoms with Crippen molar-refractivity contribution in [2.75, 3.05) is 13.2 Å². The first-order valence-electron chi connectivity index (χ1n) is 10.7. The van der Waals surface area contributed by atoms with Gasteiger partial charge in [0, 0.05) is 5.56 Å². The van der Waals surface area contributed by atoms with Gasteiger partial charge in [0.05, 0.1) is 6.26 Å². The first-order chi connectivity index (χ1) is 15.7. The highest BCUT2D eigenvalue weighted by molar-refractivity contribution is 6.11. The summed E-state index contributed by atoms with van der Waals surface area (Å²) < 4.78 is 22.4. The number of rotatable bonds is 9. The Bertz CT molecular complexity index is 1130. The van der Waals surface area contributed by atoms with Crippen LogP contribution in [-0.4, -0.2) is 25.1 Å². The molecule has 0 amide bonds. The quantitative estimate of drug-likeness (QED) is 0.251. The van der Waals surface area contributed by atoms with Crippen molar-refractivity contribution >= 4 is 17.9 Å². The summed E-state index contributed by atoms with van der Waals surface area (Å²) in [4.78, 5) is 16.5. The average Bonchev–Trinajstić information content (AvgIpc) is 3.48. The molecule has 1 atom stereocenters. The Hall–Kier alpha value is -3.80. The first kappa shape index (κ1) is 21.4. The minimum absolute atomic E-state index is 0.151. The number of esters is 1. The molecule has 1 aliphatic heterocycles. The molecule has 32 heavy (non-hydrogen) atoms. The Balaban J connectivity index is 1.42. The number of para-hydroxylation sites is 2. The Morgan fingerprint density at radius 2 is 1.69 bits per heavy atom. The van der Waals surface area contributed by atoms with Gasteiger partial charge in [-0.15, -0.1) is 0 Å². The van der Waals surface area contributed by atoms with Gasteiger partial charge < -0.3 is 18.6 Å². The van der Waals surface area contributed by atoms with Gasteiger partial charge in [0.25, 0.3) is 5.90 Å². The van der Waals surface area contributed by atoms with Crippen LogP contribution in [0.25, 0.3) is 6.08 Å². The molecule has 6 heteroatoms. The van der Waals surface area contributed by atoms with Gasteiger partial charge in [0.1, 0.15) is 24.7 Å². The van der Waals surface area contributed by atoms with Gasteiger partial charge in [-0.3, -0.25) is 0 Å². The van der Waals surface area contributed by atoms with Gasteiger partial charge in [-0.2, -0.15) is 0 Å². The number of carbonyl (C=O) groups excluding carboxylic acids is 1. The van der Waals surface area contributed by atoms with Gasteiger partial charge in [-0.25, -0.2) is 9.79 Å². The zero-order valence-electron chi connectivity index (χ0n) is 18.1. The maximum atomic E-state index is 12.2. The van der Waals surface area contributed by atoms with Crippen molar-refractivity contribution in [3.05, 3.63) is 89.5 Å². The molecular weight excluding hydrogens is 406 g/mol. The zero-order chi connectivity index (χ0) is 22.3. The highest BCUT2D eigenvalue weighted by Crippen LogP contribution is 2.29. The van der Waals surface area contributed by atoms with Crippen LogP contribution in [-0.2, 0) is 9.53 Å². The third kappa shape index (κ3) is 4.91. The summed E-state index contributed by atoms with van der Waals surface area (Å²) in [7, 11) is 0. The number of hydrogen-bond acceptors (Lipinski definition) is 6. The average molecular weight is 431 g/mol. The van der Waals surface area contributed by atoms with Gasteiger partial charge >= 0.3 is 5.97 Å². The highest BCUT2D eigenvalue weighted by Gasteiger charge is 2.26. The topological polar surface area (TPSA) is 70.3 Å². The van der Waals surface area contributed by atoms with Gasteiger partial charge in [0.15, 0.2) is 11.5 Å². The lowest BCUT2D eigenvalue weighted by molar-refractivity contribution is -0.130. The molecular formula is C26H25NO5. The second kappa shape index (κ2) is 10.0. The summed E-state index contributed by atoms with van der Waals surface area (Å²) in [6, 6.07) is 18.9. The molecule has 0 fully saturated rings. The van der Waals surface area contributed by atoms with E-state index in [1.165, 1.54) is 11.8 Å². The molecule has 0 aliphatic carbocycles. The summed E-state index contributed by atoms with van der Waals surface area (Å²) >= 11 is 0. The van der Waals surface area contributed by atoms with Crippen molar-refractivity contribution in [1.29, 1.82) is 0 Å². The van der Waals surface area contributed by atoms with Crippen LogP contribution < -0.4 is 9.47 Å². The smallest absolute Gasteiger partial charge is 0.363 e. The molecule has 1 aliphatic rings. The Morgan fingerprint density at radius 1 is 0.969 bits per heavy atom. The van der Waals surface area contributed by atoms with Crippen LogP contribution in [0.15, 0.2) is 82.0 Å². The Labute approximate surface area is 187 Å². The van der Waals surface area contributed by atoms with Crippen molar-refractivity contribution in [2.45, 2.75) is 26.2 Å². The summed E-state index contributed by atoms with van der Waals surface area (Å²) in [5.41, 5.74) is 2.11. The predicted octanol–water partition coefficient (Wildman–Crippen LogP) is 5.60. The lowest BCUT2D eigenvalue weighted by Crippen LogP contribution is -2.11. The fourth-order valence-corrected chi connectivity index (χ4v) is 3.34. The molecule has 1 unspecified atom stereocenters. The minimum Gasteiger partial charge on any atom is -0.490 e. The molecule has 164 valence electrons. The van der Waals surface area contributed by atoms with Crippen molar-refractivity contribution in [2.24, 2.45) is 4.99 Å². The molecule has 2 heterocycles. The van der Waals surface area contributed by atoms with Gasteiger partial charge in [-0.05, 0) is 48.2 Å². The van der Waals surface area contributed by atoms with Crippen LogP contribution in [0.3, 0.4) is 0 Å². The molecule has 0 saturated carbocycles. The normalized spacial score (nSPS) is 15.4. The van der Waals surface area contributed by atoms with Crippen molar-refractivity contribution in [1.82, 2.24) is 0 Å².